The van der Waals surface area contributed by atoms with Crippen LogP contribution in [0.15, 0.2) is 30.3 Å². The minimum absolute atomic E-state index is 0.811. The van der Waals surface area contributed by atoms with Gasteiger partial charge in [0.15, 0.2) is 0 Å². The largest absolute Gasteiger partial charge is 0.378 e. The molecule has 0 unspecified atom stereocenters. The second kappa shape index (κ2) is 5.97. The molecule has 0 radical (unpaired) electrons. The Bertz CT molecular complexity index is 333. The van der Waals surface area contributed by atoms with E-state index >= 15 is 0 Å². The molecule has 1 aromatic rings. The number of morpholine rings is 1. The number of thiocarbonyl (C=S) groups is 1. The van der Waals surface area contributed by atoms with Gasteiger partial charge in [0, 0.05) is 19.5 Å². The minimum Gasteiger partial charge on any atom is -0.378 e. The van der Waals surface area contributed by atoms with E-state index in [1.807, 2.05) is 6.07 Å². The van der Waals surface area contributed by atoms with Gasteiger partial charge in [0.05, 0.1) is 18.2 Å². The highest BCUT2D eigenvalue weighted by Crippen LogP contribution is 2.07. The number of ether oxygens (including phenoxy) is 1. The first-order valence-corrected chi connectivity index (χ1v) is 6.16. The van der Waals surface area contributed by atoms with Crippen LogP contribution < -0.4 is 0 Å². The van der Waals surface area contributed by atoms with Crippen molar-refractivity contribution in [3.8, 4) is 0 Å². The molecule has 2 nitrogen and oxygen atoms in total. The predicted octanol–water partition coefficient (Wildman–Crippen LogP) is 2.28. The average Bonchev–Trinajstić information content (AvgIpc) is 2.38. The fourth-order valence-corrected chi connectivity index (χ4v) is 2.15. The maximum atomic E-state index is 5.44. The zero-order chi connectivity index (χ0) is 11.2. The van der Waals surface area contributed by atoms with Crippen molar-refractivity contribution in [1.29, 1.82) is 0 Å². The van der Waals surface area contributed by atoms with Gasteiger partial charge in [-0.2, -0.15) is 0 Å². The predicted molar refractivity (Wildman–Crippen MR) is 69.8 cm³/mol. The molecule has 1 saturated heterocycles. The Morgan fingerprint density at radius 2 is 1.88 bits per heavy atom. The SMILES string of the molecule is S=C(CCc1ccccc1)N1CCOCC1. The summed E-state index contributed by atoms with van der Waals surface area (Å²) in [6.07, 6.45) is 2.01. The van der Waals surface area contributed by atoms with E-state index < -0.39 is 0 Å². The van der Waals surface area contributed by atoms with Crippen LogP contribution in [0, 0.1) is 0 Å². The molecule has 1 fully saturated rings. The van der Waals surface area contributed by atoms with Gasteiger partial charge in [0.25, 0.3) is 0 Å². The minimum atomic E-state index is 0.811. The molecule has 3 heteroatoms. The Morgan fingerprint density at radius 1 is 1.19 bits per heavy atom. The molecule has 0 aromatic heterocycles. The highest BCUT2D eigenvalue weighted by Gasteiger charge is 2.12. The lowest BCUT2D eigenvalue weighted by atomic mass is 10.1. The molecule has 1 aromatic carbocycles. The summed E-state index contributed by atoms with van der Waals surface area (Å²) in [7, 11) is 0. The zero-order valence-corrected chi connectivity index (χ0v) is 10.2. The van der Waals surface area contributed by atoms with E-state index in [4.69, 9.17) is 17.0 Å². The van der Waals surface area contributed by atoms with E-state index in [1.54, 1.807) is 0 Å². The third-order valence-electron chi connectivity index (χ3n) is 2.83. The summed E-state index contributed by atoms with van der Waals surface area (Å²) in [6, 6.07) is 10.5. The van der Waals surface area contributed by atoms with Crippen LogP contribution in [0.3, 0.4) is 0 Å². The standard InChI is InChI=1S/C13H17NOS/c16-13(14-8-10-15-11-9-14)7-6-12-4-2-1-3-5-12/h1-5H,6-11H2. The first kappa shape index (κ1) is 11.6. The van der Waals surface area contributed by atoms with Crippen molar-refractivity contribution < 1.29 is 4.74 Å². The fourth-order valence-electron chi connectivity index (χ4n) is 1.87. The molecule has 0 N–H and O–H groups in total. The van der Waals surface area contributed by atoms with Crippen LogP contribution in [-0.2, 0) is 11.2 Å². The first-order chi connectivity index (χ1) is 7.86. The summed E-state index contributed by atoms with van der Waals surface area (Å²) in [4.78, 5) is 3.34. The normalized spacial score (nSPS) is 16.1. The van der Waals surface area contributed by atoms with E-state index in [2.05, 4.69) is 29.2 Å². The van der Waals surface area contributed by atoms with Crippen LogP contribution in [0.25, 0.3) is 0 Å². The lowest BCUT2D eigenvalue weighted by Crippen LogP contribution is -2.39. The highest BCUT2D eigenvalue weighted by atomic mass is 32.1. The molecular weight excluding hydrogens is 218 g/mol. The van der Waals surface area contributed by atoms with Crippen molar-refractivity contribution in [3.63, 3.8) is 0 Å². The Labute approximate surface area is 102 Å². The lowest BCUT2D eigenvalue weighted by molar-refractivity contribution is 0.0683. The molecule has 0 amide bonds. The summed E-state index contributed by atoms with van der Waals surface area (Å²) in [5.41, 5.74) is 1.36. The van der Waals surface area contributed by atoms with Gasteiger partial charge in [-0.15, -0.1) is 0 Å². The van der Waals surface area contributed by atoms with Gasteiger partial charge in [-0.3, -0.25) is 0 Å². The van der Waals surface area contributed by atoms with Gasteiger partial charge in [0.2, 0.25) is 0 Å². The van der Waals surface area contributed by atoms with Crippen LogP contribution in [-0.4, -0.2) is 36.2 Å². The number of hydrogen-bond donors (Lipinski definition) is 0. The van der Waals surface area contributed by atoms with Gasteiger partial charge in [0.1, 0.15) is 0 Å². The molecule has 2 rings (SSSR count). The highest BCUT2D eigenvalue weighted by molar-refractivity contribution is 7.80. The van der Waals surface area contributed by atoms with Crippen LogP contribution in [0.2, 0.25) is 0 Å². The van der Waals surface area contributed by atoms with Crippen molar-refractivity contribution in [2.75, 3.05) is 26.3 Å². The van der Waals surface area contributed by atoms with Gasteiger partial charge in [-0.25, -0.2) is 0 Å². The number of nitrogens with zero attached hydrogens (tertiary/aromatic N) is 1. The number of benzene rings is 1. The lowest BCUT2D eigenvalue weighted by Gasteiger charge is -2.29. The van der Waals surface area contributed by atoms with Crippen molar-refractivity contribution >= 4 is 17.2 Å². The molecular formula is C13H17NOS. The van der Waals surface area contributed by atoms with Crippen LogP contribution in [0.1, 0.15) is 12.0 Å². The summed E-state index contributed by atoms with van der Waals surface area (Å²) in [5.74, 6) is 0. The van der Waals surface area contributed by atoms with Crippen LogP contribution >= 0.6 is 12.2 Å². The zero-order valence-electron chi connectivity index (χ0n) is 9.39. The summed E-state index contributed by atoms with van der Waals surface area (Å²) >= 11 is 5.44. The molecule has 1 aliphatic heterocycles. The Morgan fingerprint density at radius 3 is 2.56 bits per heavy atom. The molecule has 0 bridgehead atoms. The number of hydrogen-bond acceptors (Lipinski definition) is 2. The molecule has 86 valence electrons. The molecule has 1 aliphatic rings. The van der Waals surface area contributed by atoms with Crippen molar-refractivity contribution in [1.82, 2.24) is 4.90 Å². The maximum Gasteiger partial charge on any atom is 0.0784 e. The molecule has 0 saturated carbocycles. The molecule has 0 spiro atoms. The van der Waals surface area contributed by atoms with Crippen molar-refractivity contribution in [3.05, 3.63) is 35.9 Å². The second-order valence-electron chi connectivity index (χ2n) is 3.98. The number of rotatable bonds is 3. The Balaban J connectivity index is 1.79. The van der Waals surface area contributed by atoms with Gasteiger partial charge < -0.3 is 9.64 Å². The van der Waals surface area contributed by atoms with E-state index in [-0.39, 0.29) is 0 Å². The second-order valence-corrected chi connectivity index (χ2v) is 4.45. The third-order valence-corrected chi connectivity index (χ3v) is 3.30. The monoisotopic (exact) mass is 235 g/mol. The first-order valence-electron chi connectivity index (χ1n) is 5.76. The Kier molecular flexibility index (Phi) is 4.31. The van der Waals surface area contributed by atoms with Crippen molar-refractivity contribution in [2.45, 2.75) is 12.8 Å². The quantitative estimate of drug-likeness (QED) is 0.746. The van der Waals surface area contributed by atoms with Crippen molar-refractivity contribution in [2.24, 2.45) is 0 Å². The van der Waals surface area contributed by atoms with Crippen LogP contribution in [0.4, 0.5) is 0 Å². The molecule has 0 aliphatic carbocycles. The summed E-state index contributed by atoms with van der Waals surface area (Å²) < 4.78 is 5.31. The van der Waals surface area contributed by atoms with E-state index in [0.717, 1.165) is 44.1 Å². The number of aryl methyl sites for hydroxylation is 1. The van der Waals surface area contributed by atoms with E-state index in [9.17, 15) is 0 Å². The maximum absolute atomic E-state index is 5.44. The Hall–Kier alpha value is -0.930. The van der Waals surface area contributed by atoms with Gasteiger partial charge >= 0.3 is 0 Å². The van der Waals surface area contributed by atoms with Crippen LogP contribution in [0.5, 0.6) is 0 Å². The molecule has 16 heavy (non-hydrogen) atoms. The third kappa shape index (κ3) is 3.29. The molecule has 0 atom stereocenters. The summed E-state index contributed by atoms with van der Waals surface area (Å²) in [5, 5.41) is 0. The van der Waals surface area contributed by atoms with E-state index in [1.165, 1.54) is 5.56 Å². The van der Waals surface area contributed by atoms with E-state index in [0.29, 0.717) is 0 Å². The van der Waals surface area contributed by atoms with Gasteiger partial charge in [-0.1, -0.05) is 42.5 Å². The average molecular weight is 235 g/mol. The summed E-state index contributed by atoms with van der Waals surface area (Å²) in [6.45, 7) is 3.53. The molecule has 1 heterocycles. The fraction of sp³-hybridized carbons (Fsp3) is 0.462. The topological polar surface area (TPSA) is 12.5 Å². The smallest absolute Gasteiger partial charge is 0.0784 e. The van der Waals surface area contributed by atoms with Gasteiger partial charge in [-0.05, 0) is 12.0 Å².